The molecule has 4 heteroatoms. The quantitative estimate of drug-likeness (QED) is 0.894. The second-order valence-electron chi connectivity index (χ2n) is 6.39. The second-order valence-corrected chi connectivity index (χ2v) is 6.39. The molecule has 0 spiro atoms. The maximum absolute atomic E-state index is 12.5. The van der Waals surface area contributed by atoms with Crippen molar-refractivity contribution in [2.45, 2.75) is 38.6 Å². The van der Waals surface area contributed by atoms with Gasteiger partial charge in [0.15, 0.2) is 0 Å². The summed E-state index contributed by atoms with van der Waals surface area (Å²) >= 11 is 0. The highest BCUT2D eigenvalue weighted by molar-refractivity contribution is 5.97. The number of para-hydroxylation sites is 1. The Morgan fingerprint density at radius 2 is 2.00 bits per heavy atom. The van der Waals surface area contributed by atoms with Crippen molar-refractivity contribution in [2.75, 3.05) is 19.6 Å². The van der Waals surface area contributed by atoms with E-state index in [4.69, 9.17) is 0 Å². The molecule has 2 N–H and O–H groups in total. The first-order valence-corrected chi connectivity index (χ1v) is 7.96. The van der Waals surface area contributed by atoms with Crippen molar-refractivity contribution in [3.8, 4) is 5.75 Å². The van der Waals surface area contributed by atoms with Crippen LogP contribution in [0.5, 0.6) is 5.75 Å². The van der Waals surface area contributed by atoms with Crippen LogP contribution in [0.4, 0.5) is 0 Å². The van der Waals surface area contributed by atoms with Gasteiger partial charge in [-0.3, -0.25) is 4.79 Å². The number of likely N-dealkylation sites (tertiary alicyclic amines) is 1. The van der Waals surface area contributed by atoms with E-state index in [1.54, 1.807) is 6.07 Å². The van der Waals surface area contributed by atoms with Gasteiger partial charge in [-0.05, 0) is 56.7 Å². The summed E-state index contributed by atoms with van der Waals surface area (Å²) in [5.41, 5.74) is 1.18. The van der Waals surface area contributed by atoms with E-state index in [1.165, 1.54) is 12.8 Å². The Morgan fingerprint density at radius 3 is 2.67 bits per heavy atom. The standard InChI is InChI=1S/C17H24N2O2/c1-12-3-2-4-15(16(12)20)17(21)19-9-7-14(8-10-19)18-11-13-5-6-13/h2-4,13-14,18,20H,5-11H2,1H3. The van der Waals surface area contributed by atoms with E-state index in [-0.39, 0.29) is 11.7 Å². The minimum atomic E-state index is -0.0446. The summed E-state index contributed by atoms with van der Waals surface area (Å²) in [6.07, 6.45) is 4.75. The predicted molar refractivity (Wildman–Crippen MR) is 82.5 cm³/mol. The highest BCUT2D eigenvalue weighted by Gasteiger charge is 2.27. The Morgan fingerprint density at radius 1 is 1.29 bits per heavy atom. The van der Waals surface area contributed by atoms with Crippen molar-refractivity contribution in [3.63, 3.8) is 0 Å². The third-order valence-corrected chi connectivity index (χ3v) is 4.64. The molecule has 1 aromatic carbocycles. The molecular weight excluding hydrogens is 264 g/mol. The second kappa shape index (κ2) is 6.06. The zero-order valence-electron chi connectivity index (χ0n) is 12.6. The summed E-state index contributed by atoms with van der Waals surface area (Å²) in [4.78, 5) is 14.4. The Kier molecular flexibility index (Phi) is 4.15. The zero-order valence-corrected chi connectivity index (χ0v) is 12.6. The van der Waals surface area contributed by atoms with Gasteiger partial charge in [-0.2, -0.15) is 0 Å². The fourth-order valence-corrected chi connectivity index (χ4v) is 2.94. The highest BCUT2D eigenvalue weighted by atomic mass is 16.3. The van der Waals surface area contributed by atoms with Gasteiger partial charge in [-0.15, -0.1) is 0 Å². The van der Waals surface area contributed by atoms with Gasteiger partial charge < -0.3 is 15.3 Å². The third-order valence-electron chi connectivity index (χ3n) is 4.64. The van der Waals surface area contributed by atoms with Gasteiger partial charge in [0.25, 0.3) is 5.91 Å². The van der Waals surface area contributed by atoms with Crippen LogP contribution in [-0.4, -0.2) is 41.6 Å². The third kappa shape index (κ3) is 3.38. The van der Waals surface area contributed by atoms with Gasteiger partial charge >= 0.3 is 0 Å². The van der Waals surface area contributed by atoms with E-state index >= 15 is 0 Å². The molecule has 1 aromatic rings. The average Bonchev–Trinajstić information content (AvgIpc) is 3.32. The fourth-order valence-electron chi connectivity index (χ4n) is 2.94. The monoisotopic (exact) mass is 288 g/mol. The molecule has 1 amide bonds. The number of nitrogens with zero attached hydrogens (tertiary/aromatic N) is 1. The van der Waals surface area contributed by atoms with Crippen molar-refractivity contribution >= 4 is 5.91 Å². The van der Waals surface area contributed by atoms with Crippen LogP contribution in [0.15, 0.2) is 18.2 Å². The summed E-state index contributed by atoms with van der Waals surface area (Å²) in [5.74, 6) is 0.974. The van der Waals surface area contributed by atoms with Crippen molar-refractivity contribution in [1.82, 2.24) is 10.2 Å². The van der Waals surface area contributed by atoms with Gasteiger partial charge in [-0.25, -0.2) is 0 Å². The summed E-state index contributed by atoms with van der Waals surface area (Å²) in [5, 5.41) is 13.7. The lowest BCUT2D eigenvalue weighted by molar-refractivity contribution is 0.0702. The van der Waals surface area contributed by atoms with Crippen LogP contribution < -0.4 is 5.32 Å². The Bertz CT molecular complexity index is 518. The molecule has 1 saturated carbocycles. The lowest BCUT2D eigenvalue weighted by atomic mass is 10.0. The number of amides is 1. The van der Waals surface area contributed by atoms with Crippen molar-refractivity contribution < 1.29 is 9.90 Å². The molecule has 0 atom stereocenters. The SMILES string of the molecule is Cc1cccc(C(=O)N2CCC(NCC3CC3)CC2)c1O. The predicted octanol–water partition coefficient (Wildman–Crippen LogP) is 2.30. The number of hydrogen-bond donors (Lipinski definition) is 2. The fraction of sp³-hybridized carbons (Fsp3) is 0.588. The molecule has 2 fully saturated rings. The maximum atomic E-state index is 12.5. The number of nitrogens with one attached hydrogen (secondary N) is 1. The van der Waals surface area contributed by atoms with E-state index in [1.807, 2.05) is 24.0 Å². The molecule has 0 radical (unpaired) electrons. The number of carbonyl (C=O) groups is 1. The molecule has 0 bridgehead atoms. The minimum Gasteiger partial charge on any atom is -0.507 e. The molecule has 1 aliphatic heterocycles. The first-order valence-electron chi connectivity index (χ1n) is 7.96. The molecule has 1 heterocycles. The summed E-state index contributed by atoms with van der Waals surface area (Å²) in [7, 11) is 0. The number of rotatable bonds is 4. The van der Waals surface area contributed by atoms with Crippen LogP contribution in [0.2, 0.25) is 0 Å². The Labute approximate surface area is 126 Å². The van der Waals surface area contributed by atoms with E-state index in [0.29, 0.717) is 11.6 Å². The summed E-state index contributed by atoms with van der Waals surface area (Å²) in [6, 6.07) is 5.90. The summed E-state index contributed by atoms with van der Waals surface area (Å²) < 4.78 is 0. The first kappa shape index (κ1) is 14.4. The van der Waals surface area contributed by atoms with Gasteiger partial charge in [0.1, 0.15) is 5.75 Å². The van der Waals surface area contributed by atoms with E-state index in [9.17, 15) is 9.90 Å². The summed E-state index contributed by atoms with van der Waals surface area (Å²) in [6.45, 7) is 4.50. The van der Waals surface area contributed by atoms with Crippen LogP contribution >= 0.6 is 0 Å². The number of phenols is 1. The van der Waals surface area contributed by atoms with Crippen LogP contribution in [0.1, 0.15) is 41.6 Å². The number of phenolic OH excluding ortho intramolecular Hbond substituents is 1. The lowest BCUT2D eigenvalue weighted by Crippen LogP contribution is -2.45. The van der Waals surface area contributed by atoms with Crippen LogP contribution in [-0.2, 0) is 0 Å². The van der Waals surface area contributed by atoms with Crippen LogP contribution in [0.25, 0.3) is 0 Å². The van der Waals surface area contributed by atoms with Gasteiger partial charge in [0, 0.05) is 19.1 Å². The zero-order chi connectivity index (χ0) is 14.8. The molecule has 1 aliphatic carbocycles. The lowest BCUT2D eigenvalue weighted by Gasteiger charge is -2.32. The highest BCUT2D eigenvalue weighted by Crippen LogP contribution is 2.28. The Balaban J connectivity index is 1.55. The number of hydrogen-bond acceptors (Lipinski definition) is 3. The molecule has 114 valence electrons. The maximum Gasteiger partial charge on any atom is 0.257 e. The van der Waals surface area contributed by atoms with Crippen molar-refractivity contribution in [2.24, 2.45) is 5.92 Å². The Hall–Kier alpha value is -1.55. The van der Waals surface area contributed by atoms with Gasteiger partial charge in [-0.1, -0.05) is 12.1 Å². The number of carbonyl (C=O) groups excluding carboxylic acids is 1. The van der Waals surface area contributed by atoms with Crippen molar-refractivity contribution in [3.05, 3.63) is 29.3 Å². The number of aromatic hydroxyl groups is 1. The van der Waals surface area contributed by atoms with Crippen LogP contribution in [0, 0.1) is 12.8 Å². The van der Waals surface area contributed by atoms with Crippen LogP contribution in [0.3, 0.4) is 0 Å². The molecule has 0 aromatic heterocycles. The topological polar surface area (TPSA) is 52.6 Å². The number of benzene rings is 1. The molecule has 21 heavy (non-hydrogen) atoms. The molecule has 1 saturated heterocycles. The number of aryl methyl sites for hydroxylation is 1. The molecule has 0 unspecified atom stereocenters. The largest absolute Gasteiger partial charge is 0.507 e. The van der Waals surface area contributed by atoms with E-state index in [2.05, 4.69) is 5.32 Å². The average molecular weight is 288 g/mol. The minimum absolute atomic E-state index is 0.0446. The molecular formula is C17H24N2O2. The van der Waals surface area contributed by atoms with E-state index in [0.717, 1.165) is 44.0 Å². The van der Waals surface area contributed by atoms with Gasteiger partial charge in [0.2, 0.25) is 0 Å². The van der Waals surface area contributed by atoms with Gasteiger partial charge in [0.05, 0.1) is 5.56 Å². The van der Waals surface area contributed by atoms with Crippen molar-refractivity contribution in [1.29, 1.82) is 0 Å². The van der Waals surface area contributed by atoms with E-state index < -0.39 is 0 Å². The smallest absolute Gasteiger partial charge is 0.257 e. The number of piperidine rings is 1. The normalized spacial score (nSPS) is 19.8. The first-order chi connectivity index (χ1) is 10.1. The molecule has 2 aliphatic rings. The molecule has 4 nitrogen and oxygen atoms in total. The molecule has 3 rings (SSSR count).